The van der Waals surface area contributed by atoms with Gasteiger partial charge < -0.3 is 4.74 Å². The van der Waals surface area contributed by atoms with E-state index in [2.05, 4.69) is 4.74 Å². The van der Waals surface area contributed by atoms with Gasteiger partial charge in [0.05, 0.1) is 13.0 Å². The summed E-state index contributed by atoms with van der Waals surface area (Å²) in [5, 5.41) is 0. The molecular weight excluding hydrogens is 168 g/mol. The molecule has 74 valence electrons. The first-order chi connectivity index (χ1) is 6.20. The van der Waals surface area contributed by atoms with Gasteiger partial charge in [-0.3, -0.25) is 9.59 Å². The first-order valence-electron chi connectivity index (χ1n) is 4.55. The van der Waals surface area contributed by atoms with Gasteiger partial charge in [0.25, 0.3) is 0 Å². The molecule has 13 heavy (non-hydrogen) atoms. The maximum atomic E-state index is 11.0. The number of rotatable bonds is 6. The minimum absolute atomic E-state index is 0.0186. The molecule has 3 nitrogen and oxygen atoms in total. The van der Waals surface area contributed by atoms with Crippen LogP contribution < -0.4 is 0 Å². The van der Waals surface area contributed by atoms with E-state index in [0.717, 1.165) is 6.42 Å². The fourth-order valence-corrected chi connectivity index (χ4v) is 0.791. The zero-order valence-corrected chi connectivity index (χ0v) is 8.21. The Hall–Kier alpha value is -1.12. The SMILES string of the molecule is CC/C=C\C(=O)CCC(=O)OCC. The molecule has 0 radical (unpaired) electrons. The molecule has 0 heterocycles. The second kappa shape index (κ2) is 7.53. The Kier molecular flexibility index (Phi) is 6.88. The van der Waals surface area contributed by atoms with Crippen molar-refractivity contribution in [3.05, 3.63) is 12.2 Å². The zero-order chi connectivity index (χ0) is 10.1. The van der Waals surface area contributed by atoms with Gasteiger partial charge in [0, 0.05) is 6.42 Å². The summed E-state index contributed by atoms with van der Waals surface area (Å²) >= 11 is 0. The average molecular weight is 184 g/mol. The van der Waals surface area contributed by atoms with E-state index in [9.17, 15) is 9.59 Å². The molecule has 0 aliphatic carbocycles. The molecular formula is C10H16O3. The Bertz CT molecular complexity index is 194. The predicted molar refractivity (Wildman–Crippen MR) is 50.3 cm³/mol. The number of carbonyl (C=O) groups is 2. The molecule has 0 rings (SSSR count). The summed E-state index contributed by atoms with van der Waals surface area (Å²) in [6.07, 6.45) is 4.56. The van der Waals surface area contributed by atoms with Crippen molar-refractivity contribution in [2.45, 2.75) is 33.1 Å². The number of ether oxygens (including phenoxy) is 1. The van der Waals surface area contributed by atoms with Crippen molar-refractivity contribution in [3.8, 4) is 0 Å². The van der Waals surface area contributed by atoms with Gasteiger partial charge in [-0.25, -0.2) is 0 Å². The largest absolute Gasteiger partial charge is 0.466 e. The number of ketones is 1. The van der Waals surface area contributed by atoms with Crippen molar-refractivity contribution >= 4 is 11.8 Å². The van der Waals surface area contributed by atoms with Crippen LogP contribution in [0.4, 0.5) is 0 Å². The van der Waals surface area contributed by atoms with Gasteiger partial charge in [0.2, 0.25) is 0 Å². The third-order valence-electron chi connectivity index (χ3n) is 1.42. The van der Waals surface area contributed by atoms with Crippen molar-refractivity contribution in [2.75, 3.05) is 6.61 Å². The van der Waals surface area contributed by atoms with E-state index in [1.165, 1.54) is 6.08 Å². The minimum atomic E-state index is -0.305. The monoisotopic (exact) mass is 184 g/mol. The quantitative estimate of drug-likeness (QED) is 0.467. The highest BCUT2D eigenvalue weighted by Crippen LogP contribution is 1.96. The molecule has 0 saturated heterocycles. The lowest BCUT2D eigenvalue weighted by atomic mass is 10.2. The second-order valence-corrected chi connectivity index (χ2v) is 2.58. The van der Waals surface area contributed by atoms with E-state index >= 15 is 0 Å². The molecule has 0 aromatic heterocycles. The van der Waals surface area contributed by atoms with Crippen molar-refractivity contribution in [1.82, 2.24) is 0 Å². The highest BCUT2D eigenvalue weighted by Gasteiger charge is 2.04. The lowest BCUT2D eigenvalue weighted by Gasteiger charge is -1.98. The molecule has 0 saturated carbocycles. The molecule has 0 N–H and O–H groups in total. The van der Waals surface area contributed by atoms with E-state index in [-0.39, 0.29) is 24.6 Å². The molecule has 0 fully saturated rings. The van der Waals surface area contributed by atoms with Crippen LogP contribution in [0, 0.1) is 0 Å². The fraction of sp³-hybridized carbons (Fsp3) is 0.600. The molecule has 0 bridgehead atoms. The van der Waals surface area contributed by atoms with Crippen LogP contribution in [-0.2, 0) is 14.3 Å². The number of carbonyl (C=O) groups excluding carboxylic acids is 2. The maximum absolute atomic E-state index is 11.0. The first kappa shape index (κ1) is 11.9. The lowest BCUT2D eigenvalue weighted by molar-refractivity contribution is -0.144. The van der Waals surface area contributed by atoms with Crippen LogP contribution in [0.2, 0.25) is 0 Å². The van der Waals surface area contributed by atoms with Gasteiger partial charge in [-0.05, 0) is 19.4 Å². The summed E-state index contributed by atoms with van der Waals surface area (Å²) in [4.78, 5) is 21.8. The summed E-state index contributed by atoms with van der Waals surface area (Å²) < 4.78 is 4.68. The molecule has 0 aliphatic heterocycles. The Morgan fingerprint density at radius 2 is 1.92 bits per heavy atom. The Morgan fingerprint density at radius 3 is 2.46 bits per heavy atom. The van der Waals surface area contributed by atoms with Crippen molar-refractivity contribution in [3.63, 3.8) is 0 Å². The van der Waals surface area contributed by atoms with Gasteiger partial charge in [-0.1, -0.05) is 13.0 Å². The number of esters is 1. The molecule has 0 aromatic carbocycles. The van der Waals surface area contributed by atoms with Gasteiger partial charge in [0.15, 0.2) is 5.78 Å². The van der Waals surface area contributed by atoms with E-state index in [1.54, 1.807) is 13.0 Å². The molecule has 0 atom stereocenters. The zero-order valence-electron chi connectivity index (χ0n) is 8.21. The Balaban J connectivity index is 3.57. The summed E-state index contributed by atoms with van der Waals surface area (Å²) in [6.45, 7) is 4.07. The van der Waals surface area contributed by atoms with E-state index in [0.29, 0.717) is 6.61 Å². The third kappa shape index (κ3) is 7.25. The van der Waals surface area contributed by atoms with E-state index in [1.807, 2.05) is 6.92 Å². The van der Waals surface area contributed by atoms with Crippen LogP contribution in [-0.4, -0.2) is 18.4 Å². The topological polar surface area (TPSA) is 43.4 Å². The van der Waals surface area contributed by atoms with Crippen LogP contribution in [0.3, 0.4) is 0 Å². The first-order valence-corrected chi connectivity index (χ1v) is 4.55. The normalized spacial score (nSPS) is 10.3. The van der Waals surface area contributed by atoms with Crippen LogP contribution in [0.15, 0.2) is 12.2 Å². The van der Waals surface area contributed by atoms with Gasteiger partial charge in [-0.15, -0.1) is 0 Å². The molecule has 0 aliphatic rings. The van der Waals surface area contributed by atoms with Crippen molar-refractivity contribution in [2.24, 2.45) is 0 Å². The van der Waals surface area contributed by atoms with Crippen LogP contribution in [0.25, 0.3) is 0 Å². The highest BCUT2D eigenvalue weighted by atomic mass is 16.5. The molecule has 3 heteroatoms. The Morgan fingerprint density at radius 1 is 1.23 bits per heavy atom. The molecule has 0 amide bonds. The smallest absolute Gasteiger partial charge is 0.306 e. The maximum Gasteiger partial charge on any atom is 0.306 e. The Labute approximate surface area is 78.8 Å². The number of hydrogen-bond acceptors (Lipinski definition) is 3. The number of allylic oxidation sites excluding steroid dienone is 2. The predicted octanol–water partition coefficient (Wildman–Crippen LogP) is 1.86. The summed E-state index contributed by atoms with van der Waals surface area (Å²) in [7, 11) is 0. The van der Waals surface area contributed by atoms with E-state index < -0.39 is 0 Å². The minimum Gasteiger partial charge on any atom is -0.466 e. The standard InChI is InChI=1S/C10H16O3/c1-3-5-6-9(11)7-8-10(12)13-4-2/h5-6H,3-4,7-8H2,1-2H3/b6-5-. The second-order valence-electron chi connectivity index (χ2n) is 2.58. The summed E-state index contributed by atoms with van der Waals surface area (Å²) in [6, 6.07) is 0. The van der Waals surface area contributed by atoms with Gasteiger partial charge in [-0.2, -0.15) is 0 Å². The van der Waals surface area contributed by atoms with Crippen LogP contribution >= 0.6 is 0 Å². The van der Waals surface area contributed by atoms with Gasteiger partial charge in [0.1, 0.15) is 0 Å². The molecule has 0 spiro atoms. The van der Waals surface area contributed by atoms with Gasteiger partial charge >= 0.3 is 5.97 Å². The van der Waals surface area contributed by atoms with Crippen molar-refractivity contribution < 1.29 is 14.3 Å². The lowest BCUT2D eigenvalue weighted by Crippen LogP contribution is -2.06. The number of hydrogen-bond donors (Lipinski definition) is 0. The summed E-state index contributed by atoms with van der Waals surface area (Å²) in [5.41, 5.74) is 0. The summed E-state index contributed by atoms with van der Waals surface area (Å²) in [5.74, 6) is -0.323. The van der Waals surface area contributed by atoms with Crippen LogP contribution in [0.1, 0.15) is 33.1 Å². The van der Waals surface area contributed by atoms with Crippen LogP contribution in [0.5, 0.6) is 0 Å². The van der Waals surface area contributed by atoms with E-state index in [4.69, 9.17) is 0 Å². The third-order valence-corrected chi connectivity index (χ3v) is 1.42. The van der Waals surface area contributed by atoms with Crippen molar-refractivity contribution in [1.29, 1.82) is 0 Å². The average Bonchev–Trinajstić information content (AvgIpc) is 2.12. The molecule has 0 aromatic rings. The fourth-order valence-electron chi connectivity index (χ4n) is 0.791. The molecule has 0 unspecified atom stereocenters. The highest BCUT2D eigenvalue weighted by molar-refractivity contribution is 5.91.